The van der Waals surface area contributed by atoms with Crippen LogP contribution in [0.5, 0.6) is 0 Å². The Labute approximate surface area is 176 Å². The van der Waals surface area contributed by atoms with Crippen LogP contribution in [-0.4, -0.2) is 58.5 Å². The first-order valence-corrected chi connectivity index (χ1v) is 11.0. The molecule has 1 saturated heterocycles. The second-order valence-electron chi connectivity index (χ2n) is 8.40. The summed E-state index contributed by atoms with van der Waals surface area (Å²) in [5, 5.41) is 14.4. The predicted molar refractivity (Wildman–Crippen MR) is 119 cm³/mol. The minimum Gasteiger partial charge on any atom is -0.388 e. The number of anilines is 1. The van der Waals surface area contributed by atoms with Gasteiger partial charge in [0.25, 0.3) is 0 Å². The third-order valence-electron chi connectivity index (χ3n) is 5.55. The number of nitrogens with one attached hydrogen (secondary N) is 1. The summed E-state index contributed by atoms with van der Waals surface area (Å²) in [6, 6.07) is 0.115. The van der Waals surface area contributed by atoms with Crippen LogP contribution < -0.4 is 15.8 Å². The number of allylic oxidation sites excluding steroid dienone is 1. The molecule has 4 atom stereocenters. The summed E-state index contributed by atoms with van der Waals surface area (Å²) < 4.78 is 5.42. The summed E-state index contributed by atoms with van der Waals surface area (Å²) in [5.74, 6) is 2.00. The zero-order chi connectivity index (χ0) is 21.0. The molecule has 160 valence electrons. The maximum Gasteiger partial charge on any atom is 0.229 e. The lowest BCUT2D eigenvalue weighted by Gasteiger charge is -2.34. The van der Waals surface area contributed by atoms with Gasteiger partial charge in [0, 0.05) is 19.1 Å². The normalized spacial score (nSPS) is 24.0. The zero-order valence-corrected chi connectivity index (χ0v) is 19.0. The van der Waals surface area contributed by atoms with Gasteiger partial charge in [-0.3, -0.25) is 0 Å². The van der Waals surface area contributed by atoms with E-state index in [2.05, 4.69) is 54.8 Å². The molecule has 0 spiro atoms. The van der Waals surface area contributed by atoms with E-state index in [1.807, 2.05) is 6.92 Å². The molecule has 0 bridgehead atoms. The number of hydrogen-bond donors (Lipinski definition) is 2. The second-order valence-corrected chi connectivity index (χ2v) is 8.92. The average molecular weight is 420 g/mol. The van der Waals surface area contributed by atoms with E-state index in [1.165, 1.54) is 5.57 Å². The van der Waals surface area contributed by atoms with Crippen LogP contribution in [0.1, 0.15) is 45.9 Å². The number of nitrogens with zero attached hydrogens (tertiary/aromatic N) is 4. The van der Waals surface area contributed by atoms with Gasteiger partial charge in [-0.1, -0.05) is 27.3 Å². The molecule has 1 aliphatic heterocycles. The molecule has 29 heavy (non-hydrogen) atoms. The van der Waals surface area contributed by atoms with Crippen LogP contribution in [0, 0.1) is 5.92 Å². The van der Waals surface area contributed by atoms with Gasteiger partial charge in [0.15, 0.2) is 5.57 Å². The summed E-state index contributed by atoms with van der Waals surface area (Å²) in [7, 11) is 2.58. The molecule has 4 unspecified atom stereocenters. The van der Waals surface area contributed by atoms with Gasteiger partial charge in [0.2, 0.25) is 5.95 Å². The Morgan fingerprint density at radius 3 is 2.76 bits per heavy atom. The number of aromatic nitrogens is 3. The fourth-order valence-electron chi connectivity index (χ4n) is 4.32. The molecule has 0 aromatic carbocycles. The Hall–Kier alpha value is -1.40. The monoisotopic (exact) mass is 419 g/mol. The van der Waals surface area contributed by atoms with Crippen molar-refractivity contribution < 1.29 is 9.84 Å². The minimum absolute atomic E-state index is 0.115. The van der Waals surface area contributed by atoms with Crippen molar-refractivity contribution in [3.05, 3.63) is 29.1 Å². The minimum atomic E-state index is -0.489. The van der Waals surface area contributed by atoms with Crippen molar-refractivity contribution in [2.75, 3.05) is 31.2 Å². The summed E-state index contributed by atoms with van der Waals surface area (Å²) in [6.07, 6.45) is 2.14. The van der Waals surface area contributed by atoms with Crippen molar-refractivity contribution in [3.8, 4) is 0 Å². The summed E-state index contributed by atoms with van der Waals surface area (Å²) >= 11 is 0. The van der Waals surface area contributed by atoms with E-state index in [1.54, 1.807) is 0 Å². The van der Waals surface area contributed by atoms with Crippen LogP contribution in [-0.2, 0) is 11.3 Å². The topological polar surface area (TPSA) is 83.4 Å². The molecule has 7 nitrogen and oxygen atoms in total. The first-order valence-electron chi connectivity index (χ1n) is 10.4. The van der Waals surface area contributed by atoms with Crippen LogP contribution in [0.2, 0.25) is 0 Å². The molecule has 1 aromatic heterocycles. The van der Waals surface area contributed by atoms with Crippen LogP contribution in [0.25, 0.3) is 0 Å². The lowest BCUT2D eigenvalue weighted by atomic mass is 9.79. The molecule has 0 saturated carbocycles. The molecule has 2 heterocycles. The van der Waals surface area contributed by atoms with Crippen LogP contribution in [0.4, 0.5) is 5.95 Å². The largest absolute Gasteiger partial charge is 0.388 e. The molecule has 1 aliphatic carbocycles. The van der Waals surface area contributed by atoms with Gasteiger partial charge >= 0.3 is 0 Å². The molecule has 0 amide bonds. The number of hydrogen-bond acceptors (Lipinski definition) is 7. The summed E-state index contributed by atoms with van der Waals surface area (Å²) in [4.78, 5) is 15.8. The van der Waals surface area contributed by atoms with Gasteiger partial charge in [-0.15, -0.1) is 6.58 Å². The predicted octanol–water partition coefficient (Wildman–Crippen LogP) is 1.74. The van der Waals surface area contributed by atoms with E-state index in [4.69, 9.17) is 4.74 Å². The Kier molecular flexibility index (Phi) is 7.74. The van der Waals surface area contributed by atoms with E-state index >= 15 is 0 Å². The van der Waals surface area contributed by atoms with Crippen molar-refractivity contribution >= 4 is 20.8 Å². The van der Waals surface area contributed by atoms with Crippen molar-refractivity contribution in [2.24, 2.45) is 5.92 Å². The molecule has 2 aliphatic rings. The Bertz CT molecular complexity index is 763. The first-order chi connectivity index (χ1) is 13.8. The van der Waals surface area contributed by atoms with Gasteiger partial charge in [0.05, 0.1) is 25.9 Å². The van der Waals surface area contributed by atoms with Crippen LogP contribution >= 0.6 is 9.24 Å². The SMILES string of the molecule is C=C(C)CC(O)C1=C(C)CC(C)CC1NCc1nc(P)nc(N2CCOCC2)n1. The lowest BCUT2D eigenvalue weighted by molar-refractivity contribution is 0.122. The van der Waals surface area contributed by atoms with Gasteiger partial charge in [0.1, 0.15) is 5.82 Å². The number of aliphatic hydroxyl groups excluding tert-OH is 1. The van der Waals surface area contributed by atoms with Crippen LogP contribution in [0.15, 0.2) is 23.3 Å². The van der Waals surface area contributed by atoms with Crippen LogP contribution in [0.3, 0.4) is 0 Å². The molecular formula is C21H34N5O2P. The Morgan fingerprint density at radius 2 is 2.07 bits per heavy atom. The molecule has 2 N–H and O–H groups in total. The van der Waals surface area contributed by atoms with E-state index in [0.717, 1.165) is 42.9 Å². The molecule has 3 rings (SSSR count). The third kappa shape index (κ3) is 6.05. The van der Waals surface area contributed by atoms with Crippen molar-refractivity contribution in [2.45, 2.75) is 58.7 Å². The average Bonchev–Trinajstić information content (AvgIpc) is 2.65. The first kappa shape index (κ1) is 22.3. The second kappa shape index (κ2) is 10.1. The fourth-order valence-corrected chi connectivity index (χ4v) is 4.59. The highest BCUT2D eigenvalue weighted by atomic mass is 31.0. The van der Waals surface area contributed by atoms with E-state index in [9.17, 15) is 5.11 Å². The van der Waals surface area contributed by atoms with Crippen molar-refractivity contribution in [1.82, 2.24) is 20.3 Å². The fraction of sp³-hybridized carbons (Fsp3) is 0.667. The molecule has 8 heteroatoms. The summed E-state index contributed by atoms with van der Waals surface area (Å²) in [6.45, 7) is 13.8. The Morgan fingerprint density at radius 1 is 1.34 bits per heavy atom. The molecule has 1 fully saturated rings. The van der Waals surface area contributed by atoms with Gasteiger partial charge < -0.3 is 20.1 Å². The molecular weight excluding hydrogens is 385 g/mol. The third-order valence-corrected chi connectivity index (χ3v) is 5.81. The van der Waals surface area contributed by atoms with E-state index < -0.39 is 6.10 Å². The van der Waals surface area contributed by atoms with E-state index in [0.29, 0.717) is 43.6 Å². The molecule has 0 radical (unpaired) electrons. The maximum absolute atomic E-state index is 10.8. The zero-order valence-electron chi connectivity index (χ0n) is 17.8. The van der Waals surface area contributed by atoms with Crippen molar-refractivity contribution in [3.63, 3.8) is 0 Å². The quantitative estimate of drug-likeness (QED) is 0.515. The van der Waals surface area contributed by atoms with Gasteiger partial charge in [-0.05, 0) is 44.6 Å². The highest BCUT2D eigenvalue weighted by Gasteiger charge is 2.29. The van der Waals surface area contributed by atoms with Gasteiger partial charge in [-0.2, -0.15) is 9.97 Å². The number of morpholine rings is 1. The summed E-state index contributed by atoms with van der Waals surface area (Å²) in [5.41, 5.74) is 4.03. The Balaban J connectivity index is 1.74. The van der Waals surface area contributed by atoms with Crippen molar-refractivity contribution in [1.29, 1.82) is 0 Å². The van der Waals surface area contributed by atoms with Gasteiger partial charge in [-0.25, -0.2) is 4.98 Å². The van der Waals surface area contributed by atoms with E-state index in [-0.39, 0.29) is 6.04 Å². The lowest BCUT2D eigenvalue weighted by Crippen LogP contribution is -2.41. The standard InChI is InChI=1S/C21H34N5O2P/c1-13(2)9-17(27)19-15(4)10-14(3)11-16(19)22-12-18-23-20(25-21(29)24-18)26-5-7-28-8-6-26/h14,16-17,22,27H,1,5-12,29H2,2-4H3. The highest BCUT2D eigenvalue weighted by Crippen LogP contribution is 2.33. The maximum atomic E-state index is 10.8. The number of ether oxygens (including phenoxy) is 1. The number of rotatable bonds is 7. The number of aliphatic hydroxyl groups is 1. The molecule has 1 aromatic rings. The highest BCUT2D eigenvalue weighted by molar-refractivity contribution is 7.26. The smallest absolute Gasteiger partial charge is 0.229 e.